The number of carbonyl (C=O) groups excluding carboxylic acids is 1. The summed E-state index contributed by atoms with van der Waals surface area (Å²) in [5.74, 6) is -1.52. The Morgan fingerprint density at radius 1 is 1.27 bits per heavy atom. The molecule has 0 atom stereocenters. The minimum Gasteiger partial charge on any atom is -0.368 e. The van der Waals surface area contributed by atoms with Crippen molar-refractivity contribution in [2.45, 2.75) is 6.42 Å². The second-order valence-electron chi connectivity index (χ2n) is 4.07. The molecule has 1 aromatic carbocycles. The number of rotatable bonds is 8. The van der Waals surface area contributed by atoms with Crippen LogP contribution in [0.4, 0.5) is 0 Å². The van der Waals surface area contributed by atoms with Crippen LogP contribution in [0.15, 0.2) is 35.4 Å². The predicted molar refractivity (Wildman–Crippen MR) is 79.8 cm³/mol. The number of primary amides is 1. The molecule has 1 aromatic rings. The first-order valence-electron chi connectivity index (χ1n) is 6.30. The summed E-state index contributed by atoms with van der Waals surface area (Å²) in [7, 11) is 0. The van der Waals surface area contributed by atoms with E-state index in [0.29, 0.717) is 18.2 Å². The molecule has 8 N–H and O–H groups in total. The third-order valence-electron chi connectivity index (χ3n) is 2.25. The maximum atomic E-state index is 10.6. The zero-order chi connectivity index (χ0) is 16.4. The molecule has 22 heavy (non-hydrogen) atoms. The van der Waals surface area contributed by atoms with E-state index in [-0.39, 0.29) is 5.96 Å². The largest absolute Gasteiger partial charge is 0.368 e. The van der Waals surface area contributed by atoms with Gasteiger partial charge in [-0.25, -0.2) is 10.3 Å². The van der Waals surface area contributed by atoms with E-state index in [0.717, 1.165) is 5.56 Å². The van der Waals surface area contributed by atoms with Crippen molar-refractivity contribution < 1.29 is 14.5 Å². The molecule has 1 amide bonds. The highest BCUT2D eigenvalue weighted by atomic mass is 16.7. The first-order valence-corrected chi connectivity index (χ1v) is 6.30. The second kappa shape index (κ2) is 9.15. The van der Waals surface area contributed by atoms with Gasteiger partial charge in [0.25, 0.3) is 0 Å². The van der Waals surface area contributed by atoms with Crippen LogP contribution < -0.4 is 22.7 Å². The van der Waals surface area contributed by atoms with Crippen LogP contribution in [0.2, 0.25) is 0 Å². The maximum Gasteiger partial charge on any atom is 0.246 e. The summed E-state index contributed by atoms with van der Waals surface area (Å²) >= 11 is 0. The van der Waals surface area contributed by atoms with Crippen molar-refractivity contribution >= 4 is 17.8 Å². The summed E-state index contributed by atoms with van der Waals surface area (Å²) in [6.45, 7) is -0.145. The Hall–Kier alpha value is -2.85. The highest BCUT2D eigenvalue weighted by Gasteiger charge is 2.08. The number of hydrogen-bond acceptors (Lipinski definition) is 5. The Balaban J connectivity index is 2.36. The van der Waals surface area contributed by atoms with Gasteiger partial charge in [-0.3, -0.25) is 15.0 Å². The highest BCUT2D eigenvalue weighted by Crippen LogP contribution is 1.98. The van der Waals surface area contributed by atoms with Gasteiger partial charge in [-0.1, -0.05) is 35.5 Å². The molecule has 0 aliphatic heterocycles. The van der Waals surface area contributed by atoms with E-state index in [2.05, 4.69) is 10.6 Å². The van der Waals surface area contributed by atoms with Crippen LogP contribution in [0.1, 0.15) is 5.56 Å². The molecule has 10 heteroatoms. The minimum atomic E-state index is -0.743. The predicted octanol–water partition coefficient (Wildman–Crippen LogP) is -1.41. The van der Waals surface area contributed by atoms with Crippen molar-refractivity contribution in [1.29, 1.82) is 5.41 Å². The van der Waals surface area contributed by atoms with E-state index in [4.69, 9.17) is 32.3 Å². The first kappa shape index (κ1) is 17.2. The molecule has 10 nitrogen and oxygen atoms in total. The van der Waals surface area contributed by atoms with Gasteiger partial charge in [-0.2, -0.15) is 0 Å². The molecule has 1 rings (SSSR count). The number of benzene rings is 1. The smallest absolute Gasteiger partial charge is 0.246 e. The second-order valence-corrected chi connectivity index (χ2v) is 4.07. The lowest BCUT2D eigenvalue weighted by Gasteiger charge is -2.15. The molecule has 0 aromatic heterocycles. The molecular formula is C12H19N7O3. The van der Waals surface area contributed by atoms with Crippen molar-refractivity contribution in [3.05, 3.63) is 35.9 Å². The average Bonchev–Trinajstić information content (AvgIpc) is 2.48. The van der Waals surface area contributed by atoms with Crippen LogP contribution in [-0.4, -0.2) is 36.2 Å². The van der Waals surface area contributed by atoms with Gasteiger partial charge in [-0.05, 0) is 12.0 Å². The van der Waals surface area contributed by atoms with Crippen LogP contribution in [0.25, 0.3) is 0 Å². The zero-order valence-electron chi connectivity index (χ0n) is 11.9. The van der Waals surface area contributed by atoms with Crippen LogP contribution in [0.5, 0.6) is 0 Å². The normalized spacial score (nSPS) is 11.0. The van der Waals surface area contributed by atoms with Crippen molar-refractivity contribution in [3.63, 3.8) is 0 Å². The van der Waals surface area contributed by atoms with Crippen molar-refractivity contribution in [3.8, 4) is 0 Å². The third kappa shape index (κ3) is 7.07. The first-order chi connectivity index (χ1) is 10.5. The number of carbonyl (C=O) groups is 1. The quantitative estimate of drug-likeness (QED) is 0.170. The van der Waals surface area contributed by atoms with E-state index in [9.17, 15) is 4.79 Å². The fourth-order valence-electron chi connectivity index (χ4n) is 1.33. The molecule has 0 saturated carbocycles. The van der Waals surface area contributed by atoms with Crippen molar-refractivity contribution in [1.82, 2.24) is 10.7 Å². The minimum absolute atomic E-state index is 0.201. The summed E-state index contributed by atoms with van der Waals surface area (Å²) in [6.07, 6.45) is 0.676. The van der Waals surface area contributed by atoms with Gasteiger partial charge in [0.05, 0.1) is 6.61 Å². The standard InChI is InChI=1S/C12H19N7O3/c13-10(20)8-22-19(11(14)15)17-12(16)18-21-7-6-9-4-2-1-3-5-9/h1-5H,6-8H2,(H2,13,20)(H3,14,15)(H3,16,17,18). The van der Waals surface area contributed by atoms with Gasteiger partial charge in [0.2, 0.25) is 17.8 Å². The summed E-state index contributed by atoms with van der Waals surface area (Å²) in [5.41, 5.74) is 19.1. The molecule has 0 bridgehead atoms. The van der Waals surface area contributed by atoms with E-state index >= 15 is 0 Å². The number of amides is 1. The van der Waals surface area contributed by atoms with E-state index in [1.807, 2.05) is 30.3 Å². The number of hydroxylamine groups is 2. The summed E-state index contributed by atoms with van der Waals surface area (Å²) in [4.78, 5) is 20.5. The Labute approximate surface area is 127 Å². The molecule has 0 heterocycles. The number of nitrogens with zero attached hydrogens (tertiary/aromatic N) is 2. The topological polar surface area (TPSA) is 165 Å². The lowest BCUT2D eigenvalue weighted by molar-refractivity contribution is -0.141. The van der Waals surface area contributed by atoms with E-state index in [1.54, 1.807) is 0 Å². The molecule has 0 fully saturated rings. The number of nitrogens with two attached hydrogens (primary N) is 3. The van der Waals surface area contributed by atoms with Crippen LogP contribution in [-0.2, 0) is 20.9 Å². The van der Waals surface area contributed by atoms with Gasteiger partial charge < -0.3 is 17.2 Å². The van der Waals surface area contributed by atoms with Crippen LogP contribution >= 0.6 is 0 Å². The van der Waals surface area contributed by atoms with Gasteiger partial charge in [0.1, 0.15) is 0 Å². The SMILES string of the molecule is N=C(N)N(N=C(N)NOCCc1ccccc1)OCC(N)=O. The molecule has 120 valence electrons. The third-order valence-corrected chi connectivity index (χ3v) is 2.25. The Morgan fingerprint density at radius 3 is 2.55 bits per heavy atom. The maximum absolute atomic E-state index is 10.6. The zero-order valence-corrected chi connectivity index (χ0v) is 11.9. The van der Waals surface area contributed by atoms with E-state index < -0.39 is 18.5 Å². The summed E-state index contributed by atoms with van der Waals surface area (Å²) in [5, 5.41) is 11.4. The van der Waals surface area contributed by atoms with Crippen LogP contribution in [0, 0.1) is 5.41 Å². The van der Waals surface area contributed by atoms with Gasteiger partial charge in [0, 0.05) is 0 Å². The molecule has 0 saturated heterocycles. The van der Waals surface area contributed by atoms with Gasteiger partial charge in [-0.15, -0.1) is 5.10 Å². The molecule has 0 unspecified atom stereocenters. The number of hydrogen-bond donors (Lipinski definition) is 5. The monoisotopic (exact) mass is 309 g/mol. The Morgan fingerprint density at radius 2 is 1.95 bits per heavy atom. The molecule has 0 spiro atoms. The lowest BCUT2D eigenvalue weighted by atomic mass is 10.2. The average molecular weight is 309 g/mol. The van der Waals surface area contributed by atoms with Gasteiger partial charge in [0.15, 0.2) is 6.61 Å². The molecule has 0 radical (unpaired) electrons. The number of guanidine groups is 2. The Kier molecular flexibility index (Phi) is 7.16. The summed E-state index contributed by atoms with van der Waals surface area (Å²) in [6, 6.07) is 9.72. The fraction of sp³-hybridized carbons (Fsp3) is 0.250. The van der Waals surface area contributed by atoms with Crippen molar-refractivity contribution in [2.75, 3.05) is 13.2 Å². The highest BCUT2D eigenvalue weighted by molar-refractivity contribution is 5.80. The number of hydrazone groups is 1. The fourth-order valence-corrected chi connectivity index (χ4v) is 1.33. The van der Waals surface area contributed by atoms with E-state index in [1.165, 1.54) is 0 Å². The van der Waals surface area contributed by atoms with Gasteiger partial charge >= 0.3 is 0 Å². The molecular weight excluding hydrogens is 290 g/mol. The lowest BCUT2D eigenvalue weighted by Crippen LogP contribution is -2.40. The Bertz CT molecular complexity index is 521. The van der Waals surface area contributed by atoms with Crippen molar-refractivity contribution in [2.24, 2.45) is 22.3 Å². The molecule has 0 aliphatic rings. The summed E-state index contributed by atoms with van der Waals surface area (Å²) < 4.78 is 0. The van der Waals surface area contributed by atoms with Crippen LogP contribution in [0.3, 0.4) is 0 Å². The number of nitrogens with one attached hydrogen (secondary N) is 2. The molecule has 0 aliphatic carbocycles.